The van der Waals surface area contributed by atoms with Crippen LogP contribution in [0, 0.1) is 0 Å². The molecule has 0 saturated carbocycles. The second-order valence-corrected chi connectivity index (χ2v) is 6.02. The number of rotatable bonds is 2. The third kappa shape index (κ3) is 3.49. The predicted molar refractivity (Wildman–Crippen MR) is 85.6 cm³/mol. The first kappa shape index (κ1) is 17.8. The van der Waals surface area contributed by atoms with E-state index in [0.717, 1.165) is 18.5 Å². The highest BCUT2D eigenvalue weighted by atomic mass is 32.2. The zero-order valence-electron chi connectivity index (χ0n) is 12.7. The van der Waals surface area contributed by atoms with Crippen molar-refractivity contribution < 1.29 is 27.6 Å². The van der Waals surface area contributed by atoms with Gasteiger partial charge < -0.3 is 0 Å². The van der Waals surface area contributed by atoms with E-state index in [-0.39, 0.29) is 16.0 Å². The molecule has 6 nitrogen and oxygen atoms in total. The topological polar surface area (TPSA) is 80.2 Å². The normalized spacial score (nSPS) is 16.4. The highest BCUT2D eigenvalue weighted by Gasteiger charge is 2.40. The summed E-state index contributed by atoms with van der Waals surface area (Å²) in [5.41, 5.74) is 0.254. The molecule has 1 saturated heterocycles. The molecule has 1 aliphatic heterocycles. The van der Waals surface area contributed by atoms with Crippen LogP contribution in [0.3, 0.4) is 0 Å². The van der Waals surface area contributed by atoms with Gasteiger partial charge in [-0.25, -0.2) is 14.9 Å². The van der Waals surface area contributed by atoms with Crippen LogP contribution in [0.1, 0.15) is 21.7 Å². The van der Waals surface area contributed by atoms with Gasteiger partial charge in [-0.3, -0.25) is 14.4 Å². The number of imide groups is 3. The number of halogens is 3. The SMILES string of the molecule is O=C1S/C(=C\c2cnc(C(F)(F)F)nc2)C(=O)N1C(=O)c1ccccc1. The Kier molecular flexibility index (Phi) is 4.60. The maximum atomic E-state index is 12.5. The molecule has 3 rings (SSSR count). The highest BCUT2D eigenvalue weighted by molar-refractivity contribution is 8.18. The summed E-state index contributed by atoms with van der Waals surface area (Å²) >= 11 is 0.509. The van der Waals surface area contributed by atoms with E-state index >= 15 is 0 Å². The molecule has 132 valence electrons. The molecule has 1 aromatic heterocycles. The van der Waals surface area contributed by atoms with Gasteiger partial charge in [-0.15, -0.1) is 0 Å². The van der Waals surface area contributed by atoms with E-state index in [1.807, 2.05) is 0 Å². The van der Waals surface area contributed by atoms with E-state index in [2.05, 4.69) is 9.97 Å². The van der Waals surface area contributed by atoms with E-state index in [4.69, 9.17) is 0 Å². The van der Waals surface area contributed by atoms with Gasteiger partial charge in [0.2, 0.25) is 5.82 Å². The van der Waals surface area contributed by atoms with Crippen molar-refractivity contribution in [1.29, 1.82) is 0 Å². The number of hydrogen-bond donors (Lipinski definition) is 0. The first-order chi connectivity index (χ1) is 12.3. The summed E-state index contributed by atoms with van der Waals surface area (Å²) in [6.07, 6.45) is -1.77. The van der Waals surface area contributed by atoms with Crippen molar-refractivity contribution in [2.75, 3.05) is 0 Å². The Balaban J connectivity index is 1.84. The second kappa shape index (κ2) is 6.71. The molecular formula is C16H8F3N3O3S. The Bertz CT molecular complexity index is 912. The number of hydrogen-bond acceptors (Lipinski definition) is 6. The van der Waals surface area contributed by atoms with Crippen LogP contribution in [-0.2, 0) is 11.0 Å². The smallest absolute Gasteiger partial charge is 0.268 e. The monoisotopic (exact) mass is 379 g/mol. The third-order valence-corrected chi connectivity index (χ3v) is 4.11. The molecule has 0 atom stereocenters. The lowest BCUT2D eigenvalue weighted by molar-refractivity contribution is -0.145. The van der Waals surface area contributed by atoms with Crippen LogP contribution in [-0.4, -0.2) is 31.9 Å². The first-order valence-electron chi connectivity index (χ1n) is 7.04. The molecular weight excluding hydrogens is 371 g/mol. The minimum Gasteiger partial charge on any atom is -0.268 e. The molecule has 0 radical (unpaired) electrons. The van der Waals surface area contributed by atoms with Crippen molar-refractivity contribution in [2.24, 2.45) is 0 Å². The summed E-state index contributed by atoms with van der Waals surface area (Å²) in [4.78, 5) is 43.4. The molecule has 0 N–H and O–H groups in total. The Morgan fingerprint density at radius 1 is 1.08 bits per heavy atom. The summed E-state index contributed by atoms with van der Waals surface area (Å²) in [5.74, 6) is -2.95. The number of aromatic nitrogens is 2. The number of nitrogens with zero attached hydrogens (tertiary/aromatic N) is 3. The Morgan fingerprint density at radius 2 is 1.69 bits per heavy atom. The molecule has 3 amide bonds. The quantitative estimate of drug-likeness (QED) is 0.588. The van der Waals surface area contributed by atoms with Crippen LogP contribution in [0.5, 0.6) is 0 Å². The highest BCUT2D eigenvalue weighted by Crippen LogP contribution is 2.33. The van der Waals surface area contributed by atoms with Crippen LogP contribution < -0.4 is 0 Å². The molecule has 10 heteroatoms. The minimum atomic E-state index is -4.68. The fraction of sp³-hybridized carbons (Fsp3) is 0.0625. The Labute approximate surface area is 148 Å². The zero-order valence-corrected chi connectivity index (χ0v) is 13.5. The van der Waals surface area contributed by atoms with Crippen molar-refractivity contribution in [3.63, 3.8) is 0 Å². The lowest BCUT2D eigenvalue weighted by Gasteiger charge is -2.10. The van der Waals surface area contributed by atoms with Crippen molar-refractivity contribution in [2.45, 2.75) is 6.18 Å². The Hall–Kier alpha value is -3.01. The van der Waals surface area contributed by atoms with Crippen LogP contribution >= 0.6 is 11.8 Å². The van der Waals surface area contributed by atoms with E-state index in [9.17, 15) is 27.6 Å². The Morgan fingerprint density at radius 3 is 2.27 bits per heavy atom. The van der Waals surface area contributed by atoms with E-state index < -0.39 is 29.1 Å². The van der Waals surface area contributed by atoms with Gasteiger partial charge in [0.05, 0.1) is 4.91 Å². The molecule has 2 aromatic rings. The van der Waals surface area contributed by atoms with Crippen LogP contribution in [0.15, 0.2) is 47.6 Å². The number of carbonyl (C=O) groups is 3. The number of amides is 3. The molecule has 1 fully saturated rings. The molecule has 0 aliphatic carbocycles. The minimum absolute atomic E-state index is 0.0932. The standard InChI is InChI=1S/C16H8F3N3O3S/c17-16(18,19)14-20-7-9(8-21-14)6-11-13(24)22(15(25)26-11)12(23)10-4-2-1-3-5-10/h1-8H/b11-6-. The van der Waals surface area contributed by atoms with Crippen LogP contribution in [0.2, 0.25) is 0 Å². The number of thioether (sulfide) groups is 1. The van der Waals surface area contributed by atoms with Gasteiger partial charge in [0.1, 0.15) is 0 Å². The maximum Gasteiger partial charge on any atom is 0.451 e. The predicted octanol–water partition coefficient (Wildman–Crippen LogP) is 3.37. The summed E-state index contributed by atoms with van der Waals surface area (Å²) in [7, 11) is 0. The van der Waals surface area contributed by atoms with Gasteiger partial charge in [0.15, 0.2) is 0 Å². The number of alkyl halides is 3. The van der Waals surface area contributed by atoms with E-state index in [0.29, 0.717) is 16.7 Å². The van der Waals surface area contributed by atoms with Gasteiger partial charge in [0, 0.05) is 23.5 Å². The molecule has 0 bridgehead atoms. The van der Waals surface area contributed by atoms with Crippen LogP contribution in [0.4, 0.5) is 18.0 Å². The zero-order chi connectivity index (χ0) is 18.9. The largest absolute Gasteiger partial charge is 0.451 e. The fourth-order valence-corrected chi connectivity index (χ4v) is 2.88. The molecule has 0 spiro atoms. The summed E-state index contributed by atoms with van der Waals surface area (Å²) in [5, 5.41) is -0.789. The first-order valence-corrected chi connectivity index (χ1v) is 7.85. The molecule has 0 unspecified atom stereocenters. The van der Waals surface area contributed by atoms with Crippen molar-refractivity contribution in [3.8, 4) is 0 Å². The average Bonchev–Trinajstić information content (AvgIpc) is 2.88. The third-order valence-electron chi connectivity index (χ3n) is 3.24. The van der Waals surface area contributed by atoms with E-state index in [1.165, 1.54) is 12.1 Å². The van der Waals surface area contributed by atoms with Crippen molar-refractivity contribution in [3.05, 3.63) is 64.6 Å². The second-order valence-electron chi connectivity index (χ2n) is 5.03. The van der Waals surface area contributed by atoms with Gasteiger partial charge in [-0.1, -0.05) is 18.2 Å². The fourth-order valence-electron chi connectivity index (χ4n) is 2.06. The van der Waals surface area contributed by atoms with E-state index in [1.54, 1.807) is 18.2 Å². The number of benzene rings is 1. The van der Waals surface area contributed by atoms with Crippen molar-refractivity contribution >= 4 is 34.9 Å². The summed E-state index contributed by atoms with van der Waals surface area (Å²) < 4.78 is 37.4. The summed E-state index contributed by atoms with van der Waals surface area (Å²) in [6.45, 7) is 0. The van der Waals surface area contributed by atoms with Gasteiger partial charge >= 0.3 is 11.4 Å². The average molecular weight is 379 g/mol. The van der Waals surface area contributed by atoms with Crippen molar-refractivity contribution in [1.82, 2.24) is 14.9 Å². The lowest BCUT2D eigenvalue weighted by atomic mass is 10.2. The van der Waals surface area contributed by atoms with Gasteiger partial charge in [0.25, 0.3) is 11.8 Å². The van der Waals surface area contributed by atoms with Gasteiger partial charge in [-0.05, 0) is 30.0 Å². The lowest BCUT2D eigenvalue weighted by Crippen LogP contribution is -2.34. The number of carbonyl (C=O) groups excluding carboxylic acids is 3. The molecule has 2 heterocycles. The molecule has 1 aliphatic rings. The maximum absolute atomic E-state index is 12.5. The summed E-state index contributed by atoms with van der Waals surface area (Å²) in [6, 6.07) is 7.76. The molecule has 26 heavy (non-hydrogen) atoms. The molecule has 1 aromatic carbocycles. The van der Waals surface area contributed by atoms with Crippen LogP contribution in [0.25, 0.3) is 6.08 Å². The van der Waals surface area contributed by atoms with Gasteiger partial charge in [-0.2, -0.15) is 13.2 Å².